The van der Waals surface area contributed by atoms with Crippen molar-refractivity contribution in [3.8, 4) is 5.75 Å². The first kappa shape index (κ1) is 12.1. The van der Waals surface area contributed by atoms with Crippen LogP contribution < -0.4 is 15.5 Å². The largest absolute Gasteiger partial charge is 0.489 e. The number of halogens is 1. The zero-order chi connectivity index (χ0) is 13.4. The Labute approximate surface area is 104 Å². The Morgan fingerprint density at radius 2 is 1.94 bits per heavy atom. The minimum atomic E-state index is -1.17. The van der Waals surface area contributed by atoms with Crippen LogP contribution in [0.4, 0.5) is 5.69 Å². The van der Waals surface area contributed by atoms with Crippen molar-refractivity contribution in [3.63, 3.8) is 0 Å². The second kappa shape index (κ2) is 4.15. The van der Waals surface area contributed by atoms with E-state index in [1.54, 1.807) is 0 Å². The third-order valence-electron chi connectivity index (χ3n) is 2.17. The number of hydrogen-bond donors (Lipinski definition) is 0. The van der Waals surface area contributed by atoms with Crippen molar-refractivity contribution in [2.24, 2.45) is 9.98 Å². The van der Waals surface area contributed by atoms with Crippen LogP contribution in [-0.4, -0.2) is 23.8 Å². The van der Waals surface area contributed by atoms with Crippen molar-refractivity contribution >= 4 is 29.1 Å². The highest BCUT2D eigenvalue weighted by Gasteiger charge is 2.27. The van der Waals surface area contributed by atoms with Gasteiger partial charge in [-0.1, -0.05) is 11.6 Å². The van der Waals surface area contributed by atoms with E-state index in [1.165, 1.54) is 13.2 Å². The molecule has 0 aromatic heterocycles. The second-order valence-corrected chi connectivity index (χ2v) is 3.61. The first-order chi connectivity index (χ1) is 8.45. The molecule has 0 N–H and O–H groups in total. The van der Waals surface area contributed by atoms with Crippen LogP contribution in [0.1, 0.15) is 0 Å². The van der Waals surface area contributed by atoms with E-state index in [4.69, 9.17) is 16.3 Å². The number of fused-ring (bicyclic) bond motifs is 1. The minimum Gasteiger partial charge on any atom is -0.489 e. The average molecular weight is 270 g/mol. The first-order valence-electron chi connectivity index (χ1n) is 4.52. The van der Waals surface area contributed by atoms with Crippen LogP contribution in [-0.2, 0) is 9.59 Å². The summed E-state index contributed by atoms with van der Waals surface area (Å²) in [7, 11) is 1.19. The molecule has 1 aromatic rings. The molecule has 0 atom stereocenters. The van der Waals surface area contributed by atoms with Crippen molar-refractivity contribution in [3.05, 3.63) is 31.9 Å². The lowest BCUT2D eigenvalue weighted by molar-refractivity contribution is -0.387. The molecule has 0 spiro atoms. The van der Waals surface area contributed by atoms with E-state index in [1.807, 2.05) is 0 Å². The quantitative estimate of drug-likeness (QED) is 0.410. The van der Waals surface area contributed by atoms with E-state index in [0.717, 1.165) is 0 Å². The summed E-state index contributed by atoms with van der Waals surface area (Å²) >= 11 is 5.77. The predicted octanol–water partition coefficient (Wildman–Crippen LogP) is -0.437. The summed E-state index contributed by atoms with van der Waals surface area (Å²) in [6, 6.07) is 1.18. The number of carbonyl (C=O) groups is 2. The lowest BCUT2D eigenvalue weighted by Gasteiger charge is -2.05. The molecule has 9 heteroatoms. The Morgan fingerprint density at radius 1 is 1.33 bits per heavy atom. The Bertz CT molecular complexity index is 712. The van der Waals surface area contributed by atoms with Gasteiger partial charge in [-0.05, 0) is 6.07 Å². The molecule has 18 heavy (non-hydrogen) atoms. The van der Waals surface area contributed by atoms with Gasteiger partial charge in [-0.2, -0.15) is 4.99 Å². The van der Waals surface area contributed by atoms with Crippen LogP contribution in [0.5, 0.6) is 5.75 Å². The second-order valence-electron chi connectivity index (χ2n) is 3.20. The fraction of sp³-hybridized carbons (Fsp3) is 0.111. The normalized spacial score (nSPS) is 13.4. The van der Waals surface area contributed by atoms with Crippen molar-refractivity contribution in [2.75, 3.05) is 7.11 Å². The summed E-state index contributed by atoms with van der Waals surface area (Å²) in [4.78, 5) is 39.0. The predicted molar refractivity (Wildman–Crippen MR) is 57.0 cm³/mol. The maximum Gasteiger partial charge on any atom is 0.340 e. The number of rotatable bonds is 2. The summed E-state index contributed by atoms with van der Waals surface area (Å²) in [5.41, 5.74) is -0.593. The highest BCUT2D eigenvalue weighted by atomic mass is 35.5. The molecule has 0 saturated heterocycles. The summed E-state index contributed by atoms with van der Waals surface area (Å²) < 4.78 is 4.79. The molecule has 92 valence electrons. The van der Waals surface area contributed by atoms with Crippen LogP contribution in [0.3, 0.4) is 0 Å². The standard InChI is InChI=1S/C9H4ClN3O5/c1-18-7-3(10)2-4-5(6(7)13(16)17)12-9(15)8(14)11-4/h2H,1H3. The Balaban J connectivity index is 3.00. The lowest BCUT2D eigenvalue weighted by Crippen LogP contribution is -2.36. The molecule has 1 heterocycles. The van der Waals surface area contributed by atoms with Crippen molar-refractivity contribution < 1.29 is 19.2 Å². The van der Waals surface area contributed by atoms with E-state index < -0.39 is 22.4 Å². The van der Waals surface area contributed by atoms with Gasteiger partial charge in [-0.15, -0.1) is 0 Å². The fourth-order valence-corrected chi connectivity index (χ4v) is 1.73. The number of ether oxygens (including phenoxy) is 1. The molecule has 0 fully saturated rings. The van der Waals surface area contributed by atoms with Gasteiger partial charge in [0.25, 0.3) is 0 Å². The zero-order valence-electron chi connectivity index (χ0n) is 8.84. The zero-order valence-corrected chi connectivity index (χ0v) is 9.59. The van der Waals surface area contributed by atoms with Crippen LogP contribution >= 0.6 is 11.6 Å². The number of nitro benzene ring substituents is 1. The van der Waals surface area contributed by atoms with Crippen LogP contribution in [0, 0.1) is 10.1 Å². The van der Waals surface area contributed by atoms with E-state index in [-0.39, 0.29) is 21.5 Å². The maximum absolute atomic E-state index is 11.1. The number of hydrogen-bond acceptors (Lipinski definition) is 5. The highest BCUT2D eigenvalue weighted by Crippen LogP contribution is 2.29. The molecule has 0 radical (unpaired) electrons. The number of amides is 2. The van der Waals surface area contributed by atoms with Gasteiger partial charge in [0.1, 0.15) is 5.36 Å². The van der Waals surface area contributed by atoms with Crippen LogP contribution in [0.25, 0.3) is 0 Å². The van der Waals surface area contributed by atoms with Crippen molar-refractivity contribution in [2.45, 2.75) is 0 Å². The molecule has 0 unspecified atom stereocenters. The summed E-state index contributed by atoms with van der Waals surface area (Å²) in [6.07, 6.45) is 0. The lowest BCUT2D eigenvalue weighted by atomic mass is 10.2. The van der Waals surface area contributed by atoms with E-state index >= 15 is 0 Å². The Hall–Kier alpha value is -2.35. The van der Waals surface area contributed by atoms with Gasteiger partial charge in [0, 0.05) is 0 Å². The molecular weight excluding hydrogens is 266 g/mol. The molecular formula is C9H4ClN3O5. The average Bonchev–Trinajstić information content (AvgIpc) is 2.29. The van der Waals surface area contributed by atoms with Crippen molar-refractivity contribution in [1.82, 2.24) is 0 Å². The van der Waals surface area contributed by atoms with Crippen LogP contribution in [0.2, 0.25) is 5.02 Å². The van der Waals surface area contributed by atoms with Gasteiger partial charge in [0.2, 0.25) is 5.75 Å². The number of methoxy groups -OCH3 is 1. The highest BCUT2D eigenvalue weighted by molar-refractivity contribution is 6.36. The Morgan fingerprint density at radius 3 is 2.50 bits per heavy atom. The molecule has 0 saturated carbocycles. The number of nitrogens with zero attached hydrogens (tertiary/aromatic N) is 3. The van der Waals surface area contributed by atoms with Gasteiger partial charge >= 0.3 is 17.5 Å². The Kier molecular flexibility index (Phi) is 2.79. The summed E-state index contributed by atoms with van der Waals surface area (Å²) in [6.45, 7) is 0. The van der Waals surface area contributed by atoms with Gasteiger partial charge in [0.15, 0.2) is 5.36 Å². The molecule has 1 aliphatic heterocycles. The number of benzene rings is 1. The van der Waals surface area contributed by atoms with Gasteiger partial charge in [0.05, 0.1) is 17.1 Å². The van der Waals surface area contributed by atoms with Gasteiger partial charge < -0.3 is 4.74 Å². The van der Waals surface area contributed by atoms with E-state index in [9.17, 15) is 19.7 Å². The monoisotopic (exact) mass is 269 g/mol. The van der Waals surface area contributed by atoms with Gasteiger partial charge in [-0.3, -0.25) is 19.7 Å². The third kappa shape index (κ3) is 1.72. The molecule has 8 nitrogen and oxygen atoms in total. The van der Waals surface area contributed by atoms with Gasteiger partial charge in [-0.25, -0.2) is 4.99 Å². The molecule has 0 bridgehead atoms. The molecule has 0 aliphatic carbocycles. The van der Waals surface area contributed by atoms with E-state index in [2.05, 4.69) is 9.98 Å². The fourth-order valence-electron chi connectivity index (χ4n) is 1.46. The molecule has 1 aliphatic rings. The SMILES string of the molecule is COc1c(Cl)cc2c(c1[N+](=O)[O-])=NC(=O)C(=O)N=2. The summed E-state index contributed by atoms with van der Waals surface area (Å²) in [5.74, 6) is -2.51. The third-order valence-corrected chi connectivity index (χ3v) is 2.45. The first-order valence-corrected chi connectivity index (χ1v) is 4.90. The van der Waals surface area contributed by atoms with Crippen LogP contribution in [0.15, 0.2) is 16.1 Å². The molecule has 2 rings (SSSR count). The number of nitro groups is 1. The number of carbonyl (C=O) groups excluding carboxylic acids is 2. The maximum atomic E-state index is 11.1. The topological polar surface area (TPSA) is 111 Å². The minimum absolute atomic E-state index is 0.0935. The molecule has 2 amide bonds. The van der Waals surface area contributed by atoms with Crippen molar-refractivity contribution in [1.29, 1.82) is 0 Å². The summed E-state index contributed by atoms with van der Waals surface area (Å²) in [5, 5.41) is 10.4. The molecule has 1 aromatic carbocycles. The van der Waals surface area contributed by atoms with E-state index in [0.29, 0.717) is 0 Å². The smallest absolute Gasteiger partial charge is 0.340 e.